The fourth-order valence-corrected chi connectivity index (χ4v) is 3.41. The lowest BCUT2D eigenvalue weighted by Crippen LogP contribution is -2.54. The van der Waals surface area contributed by atoms with E-state index in [2.05, 4.69) is 12.2 Å². The number of piperazine rings is 1. The minimum atomic E-state index is -0.111. The van der Waals surface area contributed by atoms with E-state index < -0.39 is 0 Å². The van der Waals surface area contributed by atoms with Gasteiger partial charge in [-0.15, -0.1) is 11.8 Å². The first-order chi connectivity index (χ1) is 9.09. The van der Waals surface area contributed by atoms with Crippen LogP contribution in [0.5, 0.6) is 0 Å². The smallest absolute Gasteiger partial charge is 0.236 e. The molecule has 0 aliphatic carbocycles. The molecule has 0 spiro atoms. The van der Waals surface area contributed by atoms with Gasteiger partial charge in [-0.2, -0.15) is 0 Å². The number of carbonyl (C=O) groups excluding carboxylic acids is 1. The minimum absolute atomic E-state index is 0.111. The standard InChI is InChI=1S/C14H19ClN2OS/c1-10-9-16-7-8-17(10)14(18)11(2)19-13-6-4-3-5-12(13)15/h3-6,10-11,16H,7-9H2,1-2H3/t10-,11?/m0/s1. The number of halogens is 1. The molecule has 1 saturated heterocycles. The molecule has 3 nitrogen and oxygen atoms in total. The van der Waals surface area contributed by atoms with Gasteiger partial charge in [0.05, 0.1) is 10.3 Å². The Labute approximate surface area is 123 Å². The van der Waals surface area contributed by atoms with Gasteiger partial charge in [0.1, 0.15) is 0 Å². The second kappa shape index (κ2) is 6.64. The summed E-state index contributed by atoms with van der Waals surface area (Å²) in [6, 6.07) is 7.92. The van der Waals surface area contributed by atoms with Gasteiger partial charge in [-0.3, -0.25) is 4.79 Å². The number of thioether (sulfide) groups is 1. The van der Waals surface area contributed by atoms with Crippen LogP contribution in [0.4, 0.5) is 0 Å². The summed E-state index contributed by atoms with van der Waals surface area (Å²) in [7, 11) is 0. The van der Waals surface area contributed by atoms with E-state index in [9.17, 15) is 4.79 Å². The van der Waals surface area contributed by atoms with Crippen molar-refractivity contribution >= 4 is 29.3 Å². The van der Waals surface area contributed by atoms with Gasteiger partial charge < -0.3 is 10.2 Å². The van der Waals surface area contributed by atoms with Crippen LogP contribution >= 0.6 is 23.4 Å². The first-order valence-corrected chi connectivity index (χ1v) is 7.77. The Morgan fingerprint density at radius 3 is 2.95 bits per heavy atom. The summed E-state index contributed by atoms with van der Waals surface area (Å²) in [5.41, 5.74) is 0. The molecular formula is C14H19ClN2OS. The first kappa shape index (κ1) is 14.7. The van der Waals surface area contributed by atoms with Crippen molar-refractivity contribution in [3.8, 4) is 0 Å². The normalized spacial score (nSPS) is 21.2. The second-order valence-corrected chi connectivity index (χ2v) is 6.57. The first-order valence-electron chi connectivity index (χ1n) is 6.52. The lowest BCUT2D eigenvalue weighted by molar-refractivity contribution is -0.133. The summed E-state index contributed by atoms with van der Waals surface area (Å²) in [5.74, 6) is 0.193. The lowest BCUT2D eigenvalue weighted by Gasteiger charge is -2.35. The van der Waals surface area contributed by atoms with E-state index in [4.69, 9.17) is 11.6 Å². The molecule has 1 N–H and O–H groups in total. The highest BCUT2D eigenvalue weighted by atomic mass is 35.5. The van der Waals surface area contributed by atoms with E-state index in [1.165, 1.54) is 11.8 Å². The molecule has 0 aromatic heterocycles. The molecule has 104 valence electrons. The van der Waals surface area contributed by atoms with Crippen LogP contribution in [0, 0.1) is 0 Å². The molecule has 1 fully saturated rings. The van der Waals surface area contributed by atoms with E-state index in [0.29, 0.717) is 5.02 Å². The lowest BCUT2D eigenvalue weighted by atomic mass is 10.2. The number of hydrogen-bond acceptors (Lipinski definition) is 3. The van der Waals surface area contributed by atoms with Gasteiger partial charge in [-0.1, -0.05) is 23.7 Å². The Kier molecular flexibility index (Phi) is 5.13. The molecule has 5 heteroatoms. The molecule has 1 aliphatic heterocycles. The van der Waals surface area contributed by atoms with Crippen LogP contribution in [0.15, 0.2) is 29.2 Å². The number of nitrogens with one attached hydrogen (secondary N) is 1. The zero-order chi connectivity index (χ0) is 13.8. The van der Waals surface area contributed by atoms with Crippen molar-refractivity contribution in [1.29, 1.82) is 0 Å². The van der Waals surface area contributed by atoms with Gasteiger partial charge >= 0.3 is 0 Å². The van der Waals surface area contributed by atoms with Crippen molar-refractivity contribution in [2.75, 3.05) is 19.6 Å². The number of hydrogen-bond donors (Lipinski definition) is 1. The highest BCUT2D eigenvalue weighted by Gasteiger charge is 2.27. The largest absolute Gasteiger partial charge is 0.336 e. The van der Waals surface area contributed by atoms with Gasteiger partial charge in [-0.25, -0.2) is 0 Å². The molecule has 2 atom stereocenters. The van der Waals surface area contributed by atoms with Crippen LogP contribution in [0.25, 0.3) is 0 Å². The Hall–Kier alpha value is -0.710. The highest BCUT2D eigenvalue weighted by molar-refractivity contribution is 8.00. The topological polar surface area (TPSA) is 32.3 Å². The molecule has 2 rings (SSSR count). The molecule has 1 aromatic rings. The van der Waals surface area contributed by atoms with Crippen LogP contribution in [-0.4, -0.2) is 41.7 Å². The molecule has 0 saturated carbocycles. The molecule has 1 amide bonds. The number of amides is 1. The van der Waals surface area contributed by atoms with E-state index >= 15 is 0 Å². The van der Waals surface area contributed by atoms with Crippen molar-refractivity contribution in [2.24, 2.45) is 0 Å². The Morgan fingerprint density at radius 2 is 2.26 bits per heavy atom. The van der Waals surface area contributed by atoms with Crippen molar-refractivity contribution in [1.82, 2.24) is 10.2 Å². The maximum Gasteiger partial charge on any atom is 0.236 e. The summed E-state index contributed by atoms with van der Waals surface area (Å²) >= 11 is 7.66. The second-order valence-electron chi connectivity index (χ2n) is 4.78. The van der Waals surface area contributed by atoms with Crippen LogP contribution in [0.1, 0.15) is 13.8 Å². The Bertz CT molecular complexity index is 455. The zero-order valence-corrected chi connectivity index (χ0v) is 12.8. The Balaban J connectivity index is 2.01. The summed E-state index contributed by atoms with van der Waals surface area (Å²) in [4.78, 5) is 15.4. The molecule has 1 heterocycles. The number of rotatable bonds is 3. The number of benzene rings is 1. The molecule has 0 bridgehead atoms. The number of carbonyl (C=O) groups is 1. The summed E-state index contributed by atoms with van der Waals surface area (Å²) in [6.07, 6.45) is 0. The van der Waals surface area contributed by atoms with Crippen LogP contribution in [-0.2, 0) is 4.79 Å². The predicted octanol–water partition coefficient (Wildman–Crippen LogP) is 2.64. The molecule has 1 aromatic carbocycles. The maximum absolute atomic E-state index is 12.5. The third-order valence-corrected chi connectivity index (χ3v) is 4.88. The molecule has 1 aliphatic rings. The fourth-order valence-electron chi connectivity index (χ4n) is 2.18. The fraction of sp³-hybridized carbons (Fsp3) is 0.500. The summed E-state index contributed by atoms with van der Waals surface area (Å²) in [5, 5.41) is 3.89. The van der Waals surface area contributed by atoms with Gasteiger partial charge in [0.15, 0.2) is 0 Å². The van der Waals surface area contributed by atoms with Crippen molar-refractivity contribution < 1.29 is 4.79 Å². The van der Waals surface area contributed by atoms with E-state index in [1.807, 2.05) is 36.1 Å². The quantitative estimate of drug-likeness (QED) is 0.871. The van der Waals surface area contributed by atoms with Crippen molar-refractivity contribution in [3.05, 3.63) is 29.3 Å². The Morgan fingerprint density at radius 1 is 1.53 bits per heavy atom. The van der Waals surface area contributed by atoms with Gasteiger partial charge in [0.25, 0.3) is 0 Å². The van der Waals surface area contributed by atoms with Crippen LogP contribution in [0.2, 0.25) is 5.02 Å². The van der Waals surface area contributed by atoms with Gasteiger partial charge in [0, 0.05) is 30.6 Å². The maximum atomic E-state index is 12.5. The highest BCUT2D eigenvalue weighted by Crippen LogP contribution is 2.31. The van der Waals surface area contributed by atoms with Crippen molar-refractivity contribution in [3.63, 3.8) is 0 Å². The molecular weight excluding hydrogens is 280 g/mol. The summed E-state index contributed by atoms with van der Waals surface area (Å²) in [6.45, 7) is 6.56. The predicted molar refractivity (Wildman–Crippen MR) is 80.8 cm³/mol. The minimum Gasteiger partial charge on any atom is -0.336 e. The third kappa shape index (κ3) is 3.65. The monoisotopic (exact) mass is 298 g/mol. The zero-order valence-electron chi connectivity index (χ0n) is 11.2. The van der Waals surface area contributed by atoms with Gasteiger partial charge in [-0.05, 0) is 26.0 Å². The van der Waals surface area contributed by atoms with E-state index in [-0.39, 0.29) is 17.2 Å². The third-order valence-electron chi connectivity index (χ3n) is 3.27. The van der Waals surface area contributed by atoms with Crippen molar-refractivity contribution in [2.45, 2.75) is 30.0 Å². The SMILES string of the molecule is CC(Sc1ccccc1Cl)C(=O)N1CCNC[C@@H]1C. The molecule has 19 heavy (non-hydrogen) atoms. The molecule has 0 radical (unpaired) electrons. The van der Waals surface area contributed by atoms with Crippen LogP contribution in [0.3, 0.4) is 0 Å². The van der Waals surface area contributed by atoms with E-state index in [0.717, 1.165) is 24.5 Å². The van der Waals surface area contributed by atoms with Gasteiger partial charge in [0.2, 0.25) is 5.91 Å². The average molecular weight is 299 g/mol. The van der Waals surface area contributed by atoms with Crippen LogP contribution < -0.4 is 5.32 Å². The average Bonchev–Trinajstić information content (AvgIpc) is 2.41. The molecule has 1 unspecified atom stereocenters. The summed E-state index contributed by atoms with van der Waals surface area (Å²) < 4.78 is 0. The van der Waals surface area contributed by atoms with E-state index in [1.54, 1.807) is 0 Å². The number of nitrogens with zero attached hydrogens (tertiary/aromatic N) is 1.